The van der Waals surface area contributed by atoms with Crippen LogP contribution in [-0.2, 0) is 11.0 Å². The summed E-state index contributed by atoms with van der Waals surface area (Å²) in [6.07, 6.45) is -10.2. The molecule has 0 aromatic heterocycles. The highest BCUT2D eigenvalue weighted by Crippen LogP contribution is 2.42. The molecular weight excluding hydrogens is 438 g/mol. The van der Waals surface area contributed by atoms with Crippen molar-refractivity contribution in [2.45, 2.75) is 36.8 Å². The molecule has 1 aliphatic heterocycles. The number of anilines is 1. The largest absolute Gasteiger partial charge is 0.417 e. The summed E-state index contributed by atoms with van der Waals surface area (Å²) in [7, 11) is 0. The van der Waals surface area contributed by atoms with E-state index in [9.17, 15) is 31.1 Å². The number of nitrogens with zero attached hydrogens (tertiary/aromatic N) is 2. The van der Waals surface area contributed by atoms with Gasteiger partial charge in [-0.25, -0.2) is 0 Å². The third kappa shape index (κ3) is 4.84. The molecule has 0 spiro atoms. The fourth-order valence-corrected chi connectivity index (χ4v) is 3.61. The first-order valence-corrected chi connectivity index (χ1v) is 9.19. The molecule has 166 valence electrons. The summed E-state index contributed by atoms with van der Waals surface area (Å²) in [5.74, 6) is -2.27. The van der Waals surface area contributed by atoms with Gasteiger partial charge >= 0.3 is 12.4 Å². The maximum Gasteiger partial charge on any atom is 0.417 e. The van der Waals surface area contributed by atoms with Crippen LogP contribution in [0.1, 0.15) is 34.6 Å². The lowest BCUT2D eigenvalue weighted by Gasteiger charge is -2.23. The highest BCUT2D eigenvalue weighted by atomic mass is 19.4. The van der Waals surface area contributed by atoms with Crippen LogP contribution in [0.4, 0.5) is 32.0 Å². The Morgan fingerprint density at radius 3 is 2.19 bits per heavy atom. The molecule has 2 N–H and O–H groups in total. The first-order valence-electron chi connectivity index (χ1n) is 9.19. The quantitative estimate of drug-likeness (QED) is 0.673. The molecule has 1 saturated heterocycles. The topological polar surface area (TPSA) is 88.7 Å². The number of halogens is 6. The van der Waals surface area contributed by atoms with Crippen LogP contribution in [0.15, 0.2) is 42.5 Å². The highest BCUT2D eigenvalue weighted by molar-refractivity contribution is 5.95. The molecule has 1 heterocycles. The molecule has 11 heteroatoms. The fourth-order valence-electron chi connectivity index (χ4n) is 3.61. The van der Waals surface area contributed by atoms with Gasteiger partial charge in [0.25, 0.3) is 0 Å². The van der Waals surface area contributed by atoms with Crippen LogP contribution in [0.3, 0.4) is 0 Å². The van der Waals surface area contributed by atoms with E-state index in [0.29, 0.717) is 11.6 Å². The Morgan fingerprint density at radius 2 is 1.66 bits per heavy atom. The predicted octanol–water partition coefficient (Wildman–Crippen LogP) is 4.46. The minimum absolute atomic E-state index is 0.250. The van der Waals surface area contributed by atoms with E-state index in [0.717, 1.165) is 12.1 Å². The molecule has 2 aromatic carbocycles. The lowest BCUT2D eigenvalue weighted by molar-refractivity contribution is -0.156. The van der Waals surface area contributed by atoms with Gasteiger partial charge in [-0.15, -0.1) is 0 Å². The molecule has 3 rings (SSSR count). The van der Waals surface area contributed by atoms with E-state index in [-0.39, 0.29) is 11.3 Å². The van der Waals surface area contributed by atoms with Crippen molar-refractivity contribution in [3.05, 3.63) is 64.7 Å². The van der Waals surface area contributed by atoms with Crippen LogP contribution in [-0.4, -0.2) is 24.2 Å². The van der Waals surface area contributed by atoms with Crippen LogP contribution in [0.25, 0.3) is 0 Å². The second kappa shape index (κ2) is 8.52. The number of hydrogen-bond donors (Lipinski definition) is 2. The Morgan fingerprint density at radius 1 is 1.00 bits per heavy atom. The summed E-state index contributed by atoms with van der Waals surface area (Å²) in [6, 6.07) is 7.71. The molecule has 0 bridgehead atoms. The van der Waals surface area contributed by atoms with Gasteiger partial charge in [0.15, 0.2) is 0 Å². The van der Waals surface area contributed by atoms with E-state index < -0.39 is 53.8 Å². The molecular formula is C21H14F6N4O. The van der Waals surface area contributed by atoms with E-state index in [1.165, 1.54) is 30.3 Å². The molecule has 1 amide bonds. The minimum atomic E-state index is -4.92. The summed E-state index contributed by atoms with van der Waals surface area (Å²) in [5.41, 5.74) is -1.74. The predicted molar refractivity (Wildman–Crippen MR) is 100 cm³/mol. The van der Waals surface area contributed by atoms with Gasteiger partial charge in [-0.05, 0) is 48.4 Å². The zero-order valence-corrected chi connectivity index (χ0v) is 16.1. The Bertz CT molecular complexity index is 1100. The third-order valence-electron chi connectivity index (χ3n) is 5.12. The second-order valence-electron chi connectivity index (χ2n) is 7.17. The first-order chi connectivity index (χ1) is 14.9. The van der Waals surface area contributed by atoms with Gasteiger partial charge < -0.3 is 5.32 Å². The van der Waals surface area contributed by atoms with Crippen LogP contribution >= 0.6 is 0 Å². The maximum absolute atomic E-state index is 13.6. The van der Waals surface area contributed by atoms with Crippen LogP contribution in [0.2, 0.25) is 0 Å². The summed E-state index contributed by atoms with van der Waals surface area (Å²) < 4.78 is 80.7. The molecule has 0 aliphatic carbocycles. The standard InChI is InChI=1S/C21H14F6N4O/c22-20(23,24)16-7-12(3-4-13(16)10-29)15-8-17(31-18(15)21(25,26)27)19(32)30-14-5-1-11(9-28)2-6-14/h1-7,15,17-18,31H,8H2,(H,30,32)/t15?,17-,18+/m0/s1. The number of alkyl halides is 6. The van der Waals surface area contributed by atoms with Crippen molar-refractivity contribution in [2.75, 3.05) is 5.32 Å². The number of hydrogen-bond acceptors (Lipinski definition) is 4. The zero-order chi connectivity index (χ0) is 23.7. The van der Waals surface area contributed by atoms with E-state index >= 15 is 0 Å². The smallest absolute Gasteiger partial charge is 0.325 e. The molecule has 5 nitrogen and oxygen atoms in total. The van der Waals surface area contributed by atoms with Gasteiger partial charge in [0.05, 0.1) is 34.9 Å². The summed E-state index contributed by atoms with van der Waals surface area (Å²) >= 11 is 0. The summed E-state index contributed by atoms with van der Waals surface area (Å²) in [4.78, 5) is 12.5. The SMILES string of the molecule is N#Cc1ccc(NC(=O)[C@@H]2CC(c3ccc(C#N)c(C(F)(F)F)c3)[C@H](C(F)(F)F)N2)cc1. The van der Waals surface area contributed by atoms with Crippen molar-refractivity contribution in [3.8, 4) is 12.1 Å². The summed E-state index contributed by atoms with van der Waals surface area (Å²) in [6.45, 7) is 0. The van der Waals surface area contributed by atoms with Gasteiger partial charge in [-0.1, -0.05) is 6.07 Å². The van der Waals surface area contributed by atoms with E-state index in [1.54, 1.807) is 0 Å². The van der Waals surface area contributed by atoms with Crippen molar-refractivity contribution in [3.63, 3.8) is 0 Å². The number of amides is 1. The Hall–Kier alpha value is -3.57. The molecule has 1 fully saturated rings. The highest BCUT2D eigenvalue weighted by Gasteiger charge is 2.52. The molecule has 0 radical (unpaired) electrons. The van der Waals surface area contributed by atoms with E-state index in [2.05, 4.69) is 10.6 Å². The van der Waals surface area contributed by atoms with Crippen molar-refractivity contribution in [1.29, 1.82) is 10.5 Å². The van der Waals surface area contributed by atoms with Crippen LogP contribution < -0.4 is 10.6 Å². The Balaban J connectivity index is 1.88. The normalized spacial score (nSPS) is 20.9. The molecule has 0 saturated carbocycles. The minimum Gasteiger partial charge on any atom is -0.325 e. The average molecular weight is 452 g/mol. The summed E-state index contributed by atoms with van der Waals surface area (Å²) in [5, 5.41) is 22.3. The molecule has 1 aliphatic rings. The van der Waals surface area contributed by atoms with E-state index in [4.69, 9.17) is 10.5 Å². The van der Waals surface area contributed by atoms with Gasteiger partial charge in [0.1, 0.15) is 6.04 Å². The molecule has 1 unspecified atom stereocenters. The Labute approximate surface area is 178 Å². The maximum atomic E-state index is 13.6. The number of carbonyl (C=O) groups excluding carboxylic acids is 1. The lowest BCUT2D eigenvalue weighted by atomic mass is 9.88. The molecule has 3 atom stereocenters. The Kier molecular flexibility index (Phi) is 6.15. The van der Waals surface area contributed by atoms with Gasteiger partial charge in [0.2, 0.25) is 5.91 Å². The molecule has 2 aromatic rings. The number of carbonyl (C=O) groups is 1. The first kappa shape index (κ1) is 23.1. The van der Waals surface area contributed by atoms with Crippen molar-refractivity contribution in [2.24, 2.45) is 0 Å². The van der Waals surface area contributed by atoms with Gasteiger partial charge in [0, 0.05) is 11.6 Å². The second-order valence-corrected chi connectivity index (χ2v) is 7.17. The van der Waals surface area contributed by atoms with Crippen LogP contribution in [0, 0.1) is 22.7 Å². The van der Waals surface area contributed by atoms with Gasteiger partial charge in [-0.3, -0.25) is 10.1 Å². The zero-order valence-electron chi connectivity index (χ0n) is 16.1. The number of rotatable bonds is 3. The number of nitriles is 2. The number of nitrogens with one attached hydrogen (secondary N) is 2. The van der Waals surface area contributed by atoms with Crippen LogP contribution in [0.5, 0.6) is 0 Å². The monoisotopic (exact) mass is 452 g/mol. The van der Waals surface area contributed by atoms with Crippen molar-refractivity contribution < 1.29 is 31.1 Å². The average Bonchev–Trinajstić information content (AvgIpc) is 3.19. The van der Waals surface area contributed by atoms with E-state index in [1.807, 2.05) is 6.07 Å². The fraction of sp³-hybridized carbons (Fsp3) is 0.286. The third-order valence-corrected chi connectivity index (χ3v) is 5.12. The lowest BCUT2D eigenvalue weighted by Crippen LogP contribution is -2.46. The van der Waals surface area contributed by atoms with Crippen molar-refractivity contribution >= 4 is 11.6 Å². The van der Waals surface area contributed by atoms with Gasteiger partial charge in [-0.2, -0.15) is 36.9 Å². The molecule has 32 heavy (non-hydrogen) atoms. The van der Waals surface area contributed by atoms with Crippen molar-refractivity contribution in [1.82, 2.24) is 5.32 Å². The number of benzene rings is 2.